The Hall–Kier alpha value is -4.28. The molecule has 0 saturated carbocycles. The second-order valence-electron chi connectivity index (χ2n) is 10.9. The first kappa shape index (κ1) is 36.6. The van der Waals surface area contributed by atoms with Crippen molar-refractivity contribution >= 4 is 44.9 Å². The molecule has 0 fully saturated rings. The van der Waals surface area contributed by atoms with Crippen LogP contribution in [-0.4, -0.2) is 54.2 Å². The highest BCUT2D eigenvalue weighted by Crippen LogP contribution is 2.40. The Morgan fingerprint density at radius 3 is 1.10 bits per heavy atom. The van der Waals surface area contributed by atoms with E-state index in [1.807, 2.05) is 45.9 Å². The van der Waals surface area contributed by atoms with E-state index >= 15 is 0 Å². The summed E-state index contributed by atoms with van der Waals surface area (Å²) >= 11 is 0. The van der Waals surface area contributed by atoms with Crippen LogP contribution in [0, 0.1) is 0 Å². The van der Waals surface area contributed by atoms with Crippen LogP contribution in [0.25, 0.3) is 23.3 Å². The number of ether oxygens (including phenoxy) is 6. The van der Waals surface area contributed by atoms with Crippen LogP contribution >= 0.6 is 21.6 Å². The van der Waals surface area contributed by atoms with E-state index in [9.17, 15) is 0 Å². The Morgan fingerprint density at radius 2 is 0.833 bits per heavy atom. The number of methoxy groups -OCH3 is 6. The minimum atomic E-state index is 0.591. The van der Waals surface area contributed by atoms with E-state index in [1.165, 1.54) is 0 Å². The summed E-state index contributed by atoms with van der Waals surface area (Å²) in [5.74, 6) is 5.81. The maximum absolute atomic E-state index is 5.50. The number of aromatic nitrogens is 2. The van der Waals surface area contributed by atoms with Crippen LogP contribution in [0.1, 0.15) is 36.1 Å². The summed E-state index contributed by atoms with van der Waals surface area (Å²) in [7, 11) is 13.5. The van der Waals surface area contributed by atoms with Gasteiger partial charge >= 0.3 is 0 Å². The van der Waals surface area contributed by atoms with Crippen molar-refractivity contribution in [3.05, 3.63) is 95.6 Å². The Labute approximate surface area is 292 Å². The van der Waals surface area contributed by atoms with E-state index in [0.29, 0.717) is 34.5 Å². The van der Waals surface area contributed by atoms with Crippen molar-refractivity contribution in [3.8, 4) is 34.5 Å². The van der Waals surface area contributed by atoms with E-state index in [0.717, 1.165) is 58.0 Å². The highest BCUT2D eigenvalue weighted by Gasteiger charge is 2.14. The summed E-state index contributed by atoms with van der Waals surface area (Å²) in [6.45, 7) is 6.12. The van der Waals surface area contributed by atoms with Crippen molar-refractivity contribution in [2.24, 2.45) is 0 Å². The summed E-state index contributed by atoms with van der Waals surface area (Å²) in [5.41, 5.74) is 6.60. The highest BCUT2D eigenvalue weighted by molar-refractivity contribution is 8.76. The topological polar surface area (TPSA) is 63.1 Å². The molecule has 8 nitrogen and oxygen atoms in total. The lowest BCUT2D eigenvalue weighted by molar-refractivity contribution is -0.692. The Morgan fingerprint density at radius 1 is 0.521 bits per heavy atom. The highest BCUT2D eigenvalue weighted by atomic mass is 33.1. The molecule has 0 aliphatic carbocycles. The third-order valence-electron chi connectivity index (χ3n) is 7.78. The van der Waals surface area contributed by atoms with Crippen LogP contribution in [0.3, 0.4) is 0 Å². The van der Waals surface area contributed by atoms with Gasteiger partial charge in [0.05, 0.1) is 54.2 Å². The van der Waals surface area contributed by atoms with Crippen LogP contribution in [0.2, 0.25) is 0 Å². The van der Waals surface area contributed by atoms with Gasteiger partial charge in [0.2, 0.25) is 11.5 Å². The summed E-state index contributed by atoms with van der Waals surface area (Å²) in [6, 6.07) is 16.4. The average Bonchev–Trinajstić information content (AvgIpc) is 3.12. The summed E-state index contributed by atoms with van der Waals surface area (Å²) in [4.78, 5) is 0. The van der Waals surface area contributed by atoms with E-state index in [-0.39, 0.29) is 0 Å². The second kappa shape index (κ2) is 18.3. The molecular weight excluding hydrogens is 645 g/mol. The van der Waals surface area contributed by atoms with Crippen molar-refractivity contribution in [1.29, 1.82) is 0 Å². The molecule has 0 unspecified atom stereocenters. The Kier molecular flexibility index (Phi) is 13.9. The van der Waals surface area contributed by atoms with Crippen LogP contribution in [0.15, 0.2) is 73.3 Å². The standard InChI is InChI=1S/C38H46N2O6S2/c1-27(21-29-23-33(41-3)37(45-7)34(24-29)42-4)31-9-13-39(14-10-31)17-19-47-48-20-18-40-15-11-32(12-16-40)28(2)22-30-25-35(43-5)38(46-8)36(26-30)44-6/h9-16,21-26H,17-20H2,1-8H3/q+2/b27-21+,28-22+. The number of nitrogens with zero attached hydrogens (tertiary/aromatic N) is 2. The number of benzene rings is 2. The summed E-state index contributed by atoms with van der Waals surface area (Å²) in [6.07, 6.45) is 12.8. The van der Waals surface area contributed by atoms with E-state index in [1.54, 1.807) is 42.7 Å². The molecule has 48 heavy (non-hydrogen) atoms. The van der Waals surface area contributed by atoms with Gasteiger partial charge in [-0.3, -0.25) is 0 Å². The number of pyridine rings is 2. The minimum Gasteiger partial charge on any atom is -0.493 e. The van der Waals surface area contributed by atoms with Gasteiger partial charge in [-0.15, -0.1) is 0 Å². The lowest BCUT2D eigenvalue weighted by Crippen LogP contribution is -2.34. The first-order chi connectivity index (χ1) is 23.3. The zero-order valence-corrected chi connectivity index (χ0v) is 30.7. The molecule has 2 heterocycles. The molecule has 4 aromatic rings. The Balaban J connectivity index is 1.23. The number of rotatable bonds is 17. The van der Waals surface area contributed by atoms with Gasteiger partial charge in [-0.2, -0.15) is 0 Å². The largest absolute Gasteiger partial charge is 0.493 e. The fraction of sp³-hybridized carbons (Fsp3) is 0.316. The molecular formula is C38H46N2O6S2+2. The maximum Gasteiger partial charge on any atom is 0.203 e. The Bertz CT molecular complexity index is 1530. The molecule has 0 aliphatic rings. The van der Waals surface area contributed by atoms with E-state index in [4.69, 9.17) is 28.4 Å². The van der Waals surface area contributed by atoms with Gasteiger partial charge in [-0.25, -0.2) is 9.13 Å². The summed E-state index contributed by atoms with van der Waals surface area (Å²) in [5, 5.41) is 0. The van der Waals surface area contributed by atoms with Crippen LogP contribution in [0.4, 0.5) is 0 Å². The molecule has 254 valence electrons. The number of aryl methyl sites for hydroxylation is 2. The fourth-order valence-corrected chi connectivity index (χ4v) is 7.14. The molecule has 10 heteroatoms. The van der Waals surface area contributed by atoms with Crippen molar-refractivity contribution in [3.63, 3.8) is 0 Å². The molecule has 0 amide bonds. The van der Waals surface area contributed by atoms with Crippen molar-refractivity contribution in [2.75, 3.05) is 54.2 Å². The van der Waals surface area contributed by atoms with Crippen LogP contribution in [-0.2, 0) is 13.1 Å². The predicted molar refractivity (Wildman–Crippen MR) is 197 cm³/mol. The van der Waals surface area contributed by atoms with Crippen LogP contribution < -0.4 is 37.6 Å². The monoisotopic (exact) mass is 690 g/mol. The third kappa shape index (κ3) is 9.64. The third-order valence-corrected chi connectivity index (χ3v) is 10.1. The van der Waals surface area contributed by atoms with E-state index in [2.05, 4.69) is 84.2 Å². The molecule has 4 rings (SSSR count). The molecule has 0 N–H and O–H groups in total. The van der Waals surface area contributed by atoms with Gasteiger partial charge < -0.3 is 28.4 Å². The van der Waals surface area contributed by atoms with Gasteiger partial charge in [0.25, 0.3) is 0 Å². The van der Waals surface area contributed by atoms with Crippen molar-refractivity contribution in [1.82, 2.24) is 0 Å². The fourth-order valence-electron chi connectivity index (χ4n) is 5.18. The zero-order chi connectivity index (χ0) is 34.5. The molecule has 0 spiro atoms. The smallest absolute Gasteiger partial charge is 0.203 e. The number of hydrogen-bond donors (Lipinski definition) is 0. The van der Waals surface area contributed by atoms with Gasteiger partial charge in [-0.1, -0.05) is 33.7 Å². The number of hydrogen-bond acceptors (Lipinski definition) is 8. The first-order valence-corrected chi connectivity index (χ1v) is 18.0. The lowest BCUT2D eigenvalue weighted by atomic mass is 10.0. The molecule has 0 radical (unpaired) electrons. The van der Waals surface area contributed by atoms with Crippen molar-refractivity contribution < 1.29 is 37.6 Å². The maximum atomic E-state index is 5.50. The van der Waals surface area contributed by atoms with Gasteiger partial charge in [-0.05, 0) is 71.5 Å². The molecule has 2 aromatic carbocycles. The number of allylic oxidation sites excluding steroid dienone is 2. The second-order valence-corrected chi connectivity index (χ2v) is 13.6. The summed E-state index contributed by atoms with van der Waals surface area (Å²) < 4.78 is 37.3. The SMILES string of the molecule is COc1cc(/C=C(\C)c2cc[n+](CCSSCC[n+]3ccc(/C(C)=C/c4cc(OC)c(OC)c(OC)c4)cc3)cc2)cc(OC)c1OC. The van der Waals surface area contributed by atoms with Gasteiger partial charge in [0, 0.05) is 24.3 Å². The quantitative estimate of drug-likeness (QED) is 0.0641. The predicted octanol–water partition coefficient (Wildman–Crippen LogP) is 7.52. The molecule has 0 bridgehead atoms. The molecule has 0 atom stereocenters. The van der Waals surface area contributed by atoms with Gasteiger partial charge in [0.15, 0.2) is 60.9 Å². The molecule has 2 aromatic heterocycles. The normalized spacial score (nSPS) is 11.7. The van der Waals surface area contributed by atoms with Gasteiger partial charge in [0.1, 0.15) is 0 Å². The zero-order valence-electron chi connectivity index (χ0n) is 29.1. The molecule has 0 saturated heterocycles. The van der Waals surface area contributed by atoms with Crippen molar-refractivity contribution in [2.45, 2.75) is 26.9 Å². The van der Waals surface area contributed by atoms with Crippen LogP contribution in [0.5, 0.6) is 34.5 Å². The minimum absolute atomic E-state index is 0.591. The average molecular weight is 691 g/mol. The van der Waals surface area contributed by atoms with E-state index < -0.39 is 0 Å². The lowest BCUT2D eigenvalue weighted by Gasteiger charge is -2.13. The molecule has 0 aliphatic heterocycles. The first-order valence-electron chi connectivity index (χ1n) is 15.5.